The molecule has 2 heterocycles. The molecule has 6 fully saturated rings. The number of methoxy groups -OCH3 is 2. The number of carbonyl (C=O) groups excluding carboxylic acids is 2. The summed E-state index contributed by atoms with van der Waals surface area (Å²) in [4.78, 5) is 27.5. The quantitative estimate of drug-likeness (QED) is 0.406. The molecule has 7 aliphatic rings. The van der Waals surface area contributed by atoms with Crippen molar-refractivity contribution in [3.63, 3.8) is 0 Å². The zero-order valence-electron chi connectivity index (χ0n) is 23.0. The van der Waals surface area contributed by atoms with Gasteiger partial charge in [-0.25, -0.2) is 0 Å². The van der Waals surface area contributed by atoms with E-state index in [0.717, 1.165) is 6.54 Å². The van der Waals surface area contributed by atoms with Crippen LogP contribution in [0.15, 0.2) is 12.2 Å². The largest absolute Gasteiger partial charge is 0.462 e. The van der Waals surface area contributed by atoms with Gasteiger partial charge in [0.25, 0.3) is 0 Å². The molecule has 0 aromatic carbocycles. The lowest BCUT2D eigenvalue weighted by Crippen LogP contribution is -2.85. The number of ether oxygens (including phenoxy) is 6. The van der Waals surface area contributed by atoms with Crippen molar-refractivity contribution in [1.29, 1.82) is 0 Å². The molecule has 10 nitrogen and oxygen atoms in total. The van der Waals surface area contributed by atoms with Gasteiger partial charge < -0.3 is 33.5 Å². The van der Waals surface area contributed by atoms with Crippen LogP contribution in [-0.4, -0.2) is 103 Å². The highest BCUT2D eigenvalue weighted by molar-refractivity contribution is 5.67. The Morgan fingerprint density at radius 3 is 2.45 bits per heavy atom. The summed E-state index contributed by atoms with van der Waals surface area (Å²) in [6.07, 6.45) is 2.81. The Morgan fingerprint density at radius 1 is 1.08 bits per heavy atom. The second-order valence-electron chi connectivity index (χ2n) is 12.8. The monoisotopic (exact) mass is 533 g/mol. The number of likely N-dealkylation sites (tertiary alicyclic amines) is 1. The van der Waals surface area contributed by atoms with Crippen LogP contribution < -0.4 is 0 Å². The first kappa shape index (κ1) is 25.4. The molecule has 0 aromatic rings. The van der Waals surface area contributed by atoms with Crippen LogP contribution in [0.4, 0.5) is 0 Å². The van der Waals surface area contributed by atoms with Gasteiger partial charge in [0.1, 0.15) is 24.6 Å². The van der Waals surface area contributed by atoms with Crippen molar-refractivity contribution < 1.29 is 43.1 Å². The Bertz CT molecular complexity index is 1110. The second kappa shape index (κ2) is 7.59. The van der Waals surface area contributed by atoms with E-state index in [1.54, 1.807) is 14.2 Å². The number of nitrogens with zero attached hydrogens (tertiary/aromatic N) is 1. The smallest absolute Gasteiger partial charge is 0.303 e. The maximum atomic E-state index is 13.4. The molecule has 1 N–H and O–H groups in total. The molecule has 10 heteroatoms. The van der Waals surface area contributed by atoms with Crippen LogP contribution in [0, 0.1) is 28.6 Å². The predicted octanol–water partition coefficient (Wildman–Crippen LogP) is 1.04. The number of rotatable bonds is 5. The third-order valence-corrected chi connectivity index (χ3v) is 11.7. The third kappa shape index (κ3) is 2.37. The molecular formula is C28H39NO9. The normalized spacial score (nSPS) is 57.0. The molecule has 4 saturated carbocycles. The topological polar surface area (TPSA) is 113 Å². The molecule has 38 heavy (non-hydrogen) atoms. The Labute approximate surface area is 222 Å². The first-order chi connectivity index (χ1) is 18.0. The zero-order chi connectivity index (χ0) is 27.0. The molecule has 0 radical (unpaired) electrons. The van der Waals surface area contributed by atoms with E-state index in [4.69, 9.17) is 28.4 Å². The maximum absolute atomic E-state index is 13.4. The molecule has 210 valence electrons. The minimum Gasteiger partial charge on any atom is -0.462 e. The van der Waals surface area contributed by atoms with Crippen LogP contribution in [-0.2, 0) is 38.0 Å². The molecule has 3 spiro atoms. The first-order valence-corrected chi connectivity index (χ1v) is 13.9. The number of aliphatic hydroxyl groups is 1. The van der Waals surface area contributed by atoms with Crippen molar-refractivity contribution in [1.82, 2.24) is 4.90 Å². The van der Waals surface area contributed by atoms with Gasteiger partial charge in [0.05, 0.1) is 29.3 Å². The van der Waals surface area contributed by atoms with Gasteiger partial charge in [0.2, 0.25) is 0 Å². The van der Waals surface area contributed by atoms with Crippen molar-refractivity contribution in [2.24, 2.45) is 28.6 Å². The molecule has 0 amide bonds. The van der Waals surface area contributed by atoms with E-state index in [0.29, 0.717) is 19.4 Å². The van der Waals surface area contributed by atoms with Crippen molar-refractivity contribution in [3.8, 4) is 0 Å². The van der Waals surface area contributed by atoms with Gasteiger partial charge in [-0.15, -0.1) is 0 Å². The van der Waals surface area contributed by atoms with E-state index >= 15 is 0 Å². The molecule has 7 bridgehead atoms. The fourth-order valence-corrected chi connectivity index (χ4v) is 11.3. The van der Waals surface area contributed by atoms with Gasteiger partial charge in [-0.2, -0.15) is 0 Å². The van der Waals surface area contributed by atoms with Crippen LogP contribution in [0.3, 0.4) is 0 Å². The molecule has 2 aliphatic heterocycles. The summed E-state index contributed by atoms with van der Waals surface area (Å²) in [5, 5.41) is 13.4. The SMILES string of the molecule is CCN1C[C@]2(C)C=C[C@H](OC)[C@@]34[C@H]1[C@]1(OCO[C@@]15C[C@H](OC(C)=O)[C@H]1C[C@]3(O)[C@@H]5[C@H]1OC)[C@@H](OC(C)=O)[C@@H]42. The lowest BCUT2D eigenvalue weighted by molar-refractivity contribution is -0.317. The average Bonchev–Trinajstić information content (AvgIpc) is 3.41. The van der Waals surface area contributed by atoms with E-state index in [9.17, 15) is 14.7 Å². The highest BCUT2D eigenvalue weighted by Crippen LogP contribution is 2.83. The zero-order valence-corrected chi connectivity index (χ0v) is 23.0. The molecule has 5 aliphatic carbocycles. The lowest BCUT2D eigenvalue weighted by atomic mass is 9.42. The van der Waals surface area contributed by atoms with Crippen LogP contribution in [0.2, 0.25) is 0 Å². The van der Waals surface area contributed by atoms with Crippen molar-refractivity contribution in [3.05, 3.63) is 12.2 Å². The first-order valence-electron chi connectivity index (χ1n) is 13.9. The maximum Gasteiger partial charge on any atom is 0.303 e. The summed E-state index contributed by atoms with van der Waals surface area (Å²) >= 11 is 0. The number of piperidine rings is 1. The van der Waals surface area contributed by atoms with Gasteiger partial charge in [-0.3, -0.25) is 14.5 Å². The van der Waals surface area contributed by atoms with Crippen LogP contribution >= 0.6 is 0 Å². The average molecular weight is 534 g/mol. The van der Waals surface area contributed by atoms with Crippen LogP contribution in [0.5, 0.6) is 0 Å². The number of fused-ring (bicyclic) bond motifs is 1. The molecular weight excluding hydrogens is 494 g/mol. The predicted molar refractivity (Wildman–Crippen MR) is 131 cm³/mol. The fraction of sp³-hybridized carbons (Fsp3) is 0.857. The Morgan fingerprint density at radius 2 is 1.82 bits per heavy atom. The highest BCUT2D eigenvalue weighted by atomic mass is 16.7. The van der Waals surface area contributed by atoms with Gasteiger partial charge in [0, 0.05) is 64.2 Å². The standard InChI is InChI=1S/C28H39NO9/c1-7-29-12-24(4)9-8-18(33-5)27-21(24)22(38-15(3)31)28(23(27)29)26(35-13-36-28)11-17(37-14(2)30)16-10-25(27,32)20(26)19(16)34-6/h8-9,16-23,32H,7,10-13H2,1-6H3/t16-,17+,18+,19+,20+,21-,22+,23+,24+,25+,26-,27-,28-/m1/s1. The molecule has 0 aromatic heterocycles. The number of likely N-dealkylation sites (N-methyl/N-ethyl adjacent to an activating group) is 1. The molecule has 13 atom stereocenters. The Kier molecular flexibility index (Phi) is 5.07. The summed E-state index contributed by atoms with van der Waals surface area (Å²) in [6.45, 7) is 8.54. The van der Waals surface area contributed by atoms with Crippen molar-refractivity contribution in [2.45, 2.75) is 87.8 Å². The van der Waals surface area contributed by atoms with Gasteiger partial charge in [0.15, 0.2) is 5.60 Å². The van der Waals surface area contributed by atoms with E-state index < -0.39 is 69.9 Å². The summed E-state index contributed by atoms with van der Waals surface area (Å²) in [5.41, 5.74) is -4.89. The fourth-order valence-electron chi connectivity index (χ4n) is 11.3. The van der Waals surface area contributed by atoms with E-state index in [2.05, 4.69) is 30.9 Å². The summed E-state index contributed by atoms with van der Waals surface area (Å²) in [5.74, 6) is -1.81. The second-order valence-corrected chi connectivity index (χ2v) is 12.8. The molecule has 0 unspecified atom stereocenters. The molecule has 2 saturated heterocycles. The minimum absolute atomic E-state index is 0.0170. The van der Waals surface area contributed by atoms with Crippen LogP contribution in [0.1, 0.15) is 40.5 Å². The number of hydrogen-bond donors (Lipinski definition) is 1. The Balaban J connectivity index is 1.59. The van der Waals surface area contributed by atoms with E-state index in [1.807, 2.05) is 0 Å². The number of esters is 2. The van der Waals surface area contributed by atoms with Crippen LogP contribution in [0.25, 0.3) is 0 Å². The summed E-state index contributed by atoms with van der Waals surface area (Å²) in [7, 11) is 3.32. The Hall–Kier alpha value is -1.56. The summed E-state index contributed by atoms with van der Waals surface area (Å²) in [6, 6.07) is -0.367. The van der Waals surface area contributed by atoms with Crippen molar-refractivity contribution in [2.75, 3.05) is 34.1 Å². The minimum atomic E-state index is -1.34. The van der Waals surface area contributed by atoms with Gasteiger partial charge >= 0.3 is 11.9 Å². The van der Waals surface area contributed by atoms with E-state index in [1.165, 1.54) is 13.8 Å². The highest BCUT2D eigenvalue weighted by Gasteiger charge is 2.97. The molecule has 7 rings (SSSR count). The lowest BCUT2D eigenvalue weighted by Gasteiger charge is -2.70. The van der Waals surface area contributed by atoms with Gasteiger partial charge in [-0.1, -0.05) is 26.0 Å². The number of carbonyl (C=O) groups is 2. The van der Waals surface area contributed by atoms with Gasteiger partial charge in [-0.05, 0) is 13.0 Å². The van der Waals surface area contributed by atoms with E-state index in [-0.39, 0.29) is 24.7 Å². The summed E-state index contributed by atoms with van der Waals surface area (Å²) < 4.78 is 38.2. The third-order valence-electron chi connectivity index (χ3n) is 11.7. The number of hydrogen-bond acceptors (Lipinski definition) is 10. The van der Waals surface area contributed by atoms with Crippen molar-refractivity contribution >= 4 is 11.9 Å².